The Kier molecular flexibility index (Phi) is 7.42. The molecule has 2 aromatic carbocycles. The predicted molar refractivity (Wildman–Crippen MR) is 147 cm³/mol. The van der Waals surface area contributed by atoms with Gasteiger partial charge in [0.1, 0.15) is 17.8 Å². The Morgan fingerprint density at radius 1 is 1.21 bits per heavy atom. The van der Waals surface area contributed by atoms with E-state index in [0.29, 0.717) is 17.7 Å². The quantitative estimate of drug-likeness (QED) is 0.417. The number of aliphatic hydroxyl groups excluding tert-OH is 1. The largest absolute Gasteiger partial charge is 0.508 e. The van der Waals surface area contributed by atoms with Crippen molar-refractivity contribution in [2.45, 2.75) is 58.5 Å². The van der Waals surface area contributed by atoms with Crippen LogP contribution in [0.4, 0.5) is 0 Å². The zero-order chi connectivity index (χ0) is 27.8. The second-order valence-electron chi connectivity index (χ2n) is 10.5. The van der Waals surface area contributed by atoms with Crippen LogP contribution in [-0.4, -0.2) is 67.5 Å². The Bertz CT molecular complexity index is 1420. The standard InChI is InChI=1S/C29H32N4O5S/c1-16(2)25(33-13-20-6-4-5-7-22(20)28(33)37)29(38)32-14-21(34)11-23(32)27(36)30-12-19-9-8-18(10-24(19)35)26-17(3)31-15-39-26/h4-10,15-16,21,23,25,34-35H,11-14H2,1-3H3,(H,30,36)/t21-,23-,25-/m0/s1. The van der Waals surface area contributed by atoms with Crippen LogP contribution in [0.15, 0.2) is 48.0 Å². The number of aliphatic hydroxyl groups is 1. The lowest BCUT2D eigenvalue weighted by Gasteiger charge is -2.35. The number of aromatic nitrogens is 1. The molecule has 2 aliphatic rings. The monoisotopic (exact) mass is 548 g/mol. The fourth-order valence-electron chi connectivity index (χ4n) is 5.49. The lowest BCUT2D eigenvalue weighted by Crippen LogP contribution is -2.55. The van der Waals surface area contributed by atoms with Crippen molar-refractivity contribution in [3.05, 3.63) is 70.4 Å². The minimum Gasteiger partial charge on any atom is -0.508 e. The van der Waals surface area contributed by atoms with E-state index < -0.39 is 24.1 Å². The van der Waals surface area contributed by atoms with Gasteiger partial charge in [0.25, 0.3) is 5.91 Å². The number of rotatable bonds is 7. The summed E-state index contributed by atoms with van der Waals surface area (Å²) in [5.41, 5.74) is 5.46. The van der Waals surface area contributed by atoms with E-state index in [0.717, 1.165) is 21.7 Å². The molecule has 3 N–H and O–H groups in total. The van der Waals surface area contributed by atoms with E-state index in [1.165, 1.54) is 16.2 Å². The van der Waals surface area contributed by atoms with Gasteiger partial charge in [-0.25, -0.2) is 4.98 Å². The summed E-state index contributed by atoms with van der Waals surface area (Å²) in [5.74, 6) is -1.12. The number of nitrogens with zero attached hydrogens (tertiary/aromatic N) is 3. The fraction of sp³-hybridized carbons (Fsp3) is 0.379. The molecule has 3 amide bonds. The molecule has 10 heteroatoms. The normalized spacial score (nSPS) is 19.5. The summed E-state index contributed by atoms with van der Waals surface area (Å²) in [6.07, 6.45) is -0.745. The molecule has 2 aliphatic heterocycles. The summed E-state index contributed by atoms with van der Waals surface area (Å²) in [7, 11) is 0. The molecule has 5 rings (SSSR count). The first kappa shape index (κ1) is 26.8. The molecule has 0 radical (unpaired) electrons. The zero-order valence-electron chi connectivity index (χ0n) is 22.1. The summed E-state index contributed by atoms with van der Waals surface area (Å²) >= 11 is 1.49. The number of benzene rings is 2. The Balaban J connectivity index is 1.29. The average Bonchev–Trinajstić information content (AvgIpc) is 3.60. The van der Waals surface area contributed by atoms with E-state index in [4.69, 9.17) is 0 Å². The van der Waals surface area contributed by atoms with Gasteiger partial charge in [0.2, 0.25) is 11.8 Å². The van der Waals surface area contributed by atoms with E-state index in [1.54, 1.807) is 34.7 Å². The molecule has 1 fully saturated rings. The lowest BCUT2D eigenvalue weighted by atomic mass is 10.0. The first-order valence-corrected chi connectivity index (χ1v) is 13.9. The molecule has 1 aromatic heterocycles. The molecule has 3 heterocycles. The number of β-amino-alcohol motifs (C(OH)–C–C–N with tert-alkyl or cyclic N) is 1. The summed E-state index contributed by atoms with van der Waals surface area (Å²) < 4.78 is 0. The van der Waals surface area contributed by atoms with Gasteiger partial charge < -0.3 is 25.3 Å². The van der Waals surface area contributed by atoms with Crippen molar-refractivity contribution < 1.29 is 24.6 Å². The van der Waals surface area contributed by atoms with Crippen molar-refractivity contribution >= 4 is 29.1 Å². The number of amides is 3. The molecule has 0 saturated carbocycles. The number of phenols is 1. The lowest BCUT2D eigenvalue weighted by molar-refractivity contribution is -0.143. The smallest absolute Gasteiger partial charge is 0.255 e. The van der Waals surface area contributed by atoms with Crippen molar-refractivity contribution in [2.75, 3.05) is 6.54 Å². The van der Waals surface area contributed by atoms with Crippen LogP contribution in [0.1, 0.15) is 47.4 Å². The fourth-order valence-corrected chi connectivity index (χ4v) is 6.29. The van der Waals surface area contributed by atoms with Crippen LogP contribution in [0.25, 0.3) is 10.4 Å². The zero-order valence-corrected chi connectivity index (χ0v) is 22.9. The van der Waals surface area contributed by atoms with Gasteiger partial charge in [-0.2, -0.15) is 0 Å². The number of hydrogen-bond donors (Lipinski definition) is 3. The molecule has 3 atom stereocenters. The number of aryl methyl sites for hydroxylation is 1. The van der Waals surface area contributed by atoms with E-state index in [1.807, 2.05) is 39.0 Å². The highest BCUT2D eigenvalue weighted by atomic mass is 32.1. The van der Waals surface area contributed by atoms with Gasteiger partial charge >= 0.3 is 0 Å². The van der Waals surface area contributed by atoms with Crippen LogP contribution in [0.5, 0.6) is 5.75 Å². The highest BCUT2D eigenvalue weighted by molar-refractivity contribution is 7.13. The molecule has 3 aromatic rings. The number of aromatic hydroxyl groups is 1. The molecular formula is C29H32N4O5S. The summed E-state index contributed by atoms with van der Waals surface area (Å²) in [5, 5.41) is 23.8. The minimum absolute atomic E-state index is 0.0171. The first-order valence-electron chi connectivity index (χ1n) is 13.0. The Morgan fingerprint density at radius 2 is 1.97 bits per heavy atom. The Labute approximate surface area is 231 Å². The molecular weight excluding hydrogens is 516 g/mol. The number of hydrogen-bond acceptors (Lipinski definition) is 7. The third-order valence-corrected chi connectivity index (χ3v) is 8.46. The van der Waals surface area contributed by atoms with Crippen LogP contribution in [0.3, 0.4) is 0 Å². The number of carbonyl (C=O) groups is 3. The van der Waals surface area contributed by atoms with Gasteiger partial charge in [0.05, 0.1) is 22.2 Å². The van der Waals surface area contributed by atoms with Crippen molar-refractivity contribution in [3.8, 4) is 16.2 Å². The van der Waals surface area contributed by atoms with Crippen LogP contribution in [0.2, 0.25) is 0 Å². The van der Waals surface area contributed by atoms with Crippen LogP contribution < -0.4 is 5.32 Å². The number of nitrogens with one attached hydrogen (secondary N) is 1. The van der Waals surface area contributed by atoms with Gasteiger partial charge in [-0.3, -0.25) is 14.4 Å². The molecule has 0 unspecified atom stereocenters. The van der Waals surface area contributed by atoms with Crippen molar-refractivity contribution in [2.24, 2.45) is 5.92 Å². The molecule has 9 nitrogen and oxygen atoms in total. The van der Waals surface area contributed by atoms with Gasteiger partial charge in [-0.1, -0.05) is 44.2 Å². The van der Waals surface area contributed by atoms with Crippen molar-refractivity contribution in [1.82, 2.24) is 20.1 Å². The number of thiazole rings is 1. The molecule has 0 spiro atoms. The molecule has 39 heavy (non-hydrogen) atoms. The molecule has 0 aliphatic carbocycles. The minimum atomic E-state index is -0.880. The molecule has 1 saturated heterocycles. The highest BCUT2D eigenvalue weighted by Crippen LogP contribution is 2.32. The van der Waals surface area contributed by atoms with E-state index in [-0.39, 0.29) is 43.0 Å². The van der Waals surface area contributed by atoms with Crippen molar-refractivity contribution in [1.29, 1.82) is 0 Å². The average molecular weight is 549 g/mol. The Hall–Kier alpha value is -3.76. The second-order valence-corrected chi connectivity index (χ2v) is 11.4. The van der Waals surface area contributed by atoms with E-state index in [9.17, 15) is 24.6 Å². The highest BCUT2D eigenvalue weighted by Gasteiger charge is 2.45. The maximum atomic E-state index is 13.8. The second kappa shape index (κ2) is 10.8. The topological polar surface area (TPSA) is 123 Å². The van der Waals surface area contributed by atoms with Crippen LogP contribution in [0, 0.1) is 12.8 Å². The summed E-state index contributed by atoms with van der Waals surface area (Å²) in [6.45, 7) is 6.06. The molecule has 0 bridgehead atoms. The summed E-state index contributed by atoms with van der Waals surface area (Å²) in [6, 6.07) is 10.9. The van der Waals surface area contributed by atoms with Gasteiger partial charge in [0.15, 0.2) is 0 Å². The predicted octanol–water partition coefficient (Wildman–Crippen LogP) is 3.08. The SMILES string of the molecule is Cc1ncsc1-c1ccc(CNC(=O)[C@@H]2C[C@H](O)CN2C(=O)[C@H](C(C)C)N2Cc3ccccc3C2=O)c(O)c1. The number of phenolic OH excluding ortho intramolecular Hbond substituents is 1. The first-order chi connectivity index (χ1) is 18.7. The third kappa shape index (κ3) is 5.14. The van der Waals surface area contributed by atoms with Gasteiger partial charge in [-0.15, -0.1) is 11.3 Å². The van der Waals surface area contributed by atoms with Gasteiger partial charge in [-0.05, 0) is 36.1 Å². The third-order valence-electron chi connectivity index (χ3n) is 7.48. The number of likely N-dealkylation sites (tertiary alicyclic amines) is 1. The number of carbonyl (C=O) groups excluding carboxylic acids is 3. The van der Waals surface area contributed by atoms with Gasteiger partial charge in [0, 0.05) is 37.2 Å². The summed E-state index contributed by atoms with van der Waals surface area (Å²) in [4.78, 5) is 48.4. The maximum Gasteiger partial charge on any atom is 0.255 e. The van der Waals surface area contributed by atoms with Crippen LogP contribution in [-0.2, 0) is 22.7 Å². The van der Waals surface area contributed by atoms with E-state index >= 15 is 0 Å². The van der Waals surface area contributed by atoms with Crippen LogP contribution >= 0.6 is 11.3 Å². The van der Waals surface area contributed by atoms with E-state index in [2.05, 4.69) is 10.3 Å². The molecule has 204 valence electrons. The van der Waals surface area contributed by atoms with Crippen molar-refractivity contribution in [3.63, 3.8) is 0 Å². The number of fused-ring (bicyclic) bond motifs is 1. The maximum absolute atomic E-state index is 13.8. The Morgan fingerprint density at radius 3 is 2.64 bits per heavy atom.